The Hall–Kier alpha value is -0.860. The first kappa shape index (κ1) is 14.5. The van der Waals surface area contributed by atoms with Crippen LogP contribution in [0.15, 0.2) is 30.3 Å². The van der Waals surface area contributed by atoms with E-state index in [1.165, 1.54) is 31.5 Å². The van der Waals surface area contributed by atoms with E-state index in [9.17, 15) is 0 Å². The van der Waals surface area contributed by atoms with Crippen LogP contribution in [0.1, 0.15) is 45.2 Å². The first-order chi connectivity index (χ1) is 9.26. The minimum atomic E-state index is 0.589. The first-order valence-corrected chi connectivity index (χ1v) is 7.78. The van der Waals surface area contributed by atoms with Crippen LogP contribution in [-0.2, 0) is 0 Å². The van der Waals surface area contributed by atoms with Crippen LogP contribution in [0.2, 0.25) is 0 Å². The van der Waals surface area contributed by atoms with Gasteiger partial charge in [0.05, 0.1) is 0 Å². The Morgan fingerprint density at radius 1 is 1.26 bits per heavy atom. The number of hydrogen-bond acceptors (Lipinski definition) is 2. The van der Waals surface area contributed by atoms with Gasteiger partial charge in [-0.25, -0.2) is 0 Å². The van der Waals surface area contributed by atoms with Crippen molar-refractivity contribution in [3.05, 3.63) is 35.9 Å². The molecule has 1 heterocycles. The number of benzene rings is 1. The Labute approximate surface area is 118 Å². The largest absolute Gasteiger partial charge is 0.314 e. The number of nitrogens with one attached hydrogen (secondary N) is 1. The Morgan fingerprint density at radius 2 is 2.00 bits per heavy atom. The van der Waals surface area contributed by atoms with Crippen molar-refractivity contribution < 1.29 is 0 Å². The third-order valence-electron chi connectivity index (χ3n) is 4.41. The summed E-state index contributed by atoms with van der Waals surface area (Å²) in [4.78, 5) is 2.67. The molecule has 3 atom stereocenters. The topological polar surface area (TPSA) is 15.3 Å². The molecule has 2 nitrogen and oxygen atoms in total. The standard InChI is InChI=1S/C17H28N2/c1-4-17(15-9-7-6-8-10-15)19-12-11-16(18-5-2)14(3)13-19/h6-10,14,16-18H,4-5,11-13H2,1-3H3. The molecule has 1 aromatic carbocycles. The maximum absolute atomic E-state index is 3.62. The zero-order valence-electron chi connectivity index (χ0n) is 12.6. The Balaban J connectivity index is 2.02. The van der Waals surface area contributed by atoms with Crippen LogP contribution in [0.3, 0.4) is 0 Å². The smallest absolute Gasteiger partial charge is 0.0345 e. The predicted octanol–water partition coefficient (Wildman–Crippen LogP) is 3.46. The van der Waals surface area contributed by atoms with Crippen molar-refractivity contribution in [2.75, 3.05) is 19.6 Å². The van der Waals surface area contributed by atoms with Crippen molar-refractivity contribution in [2.24, 2.45) is 5.92 Å². The van der Waals surface area contributed by atoms with E-state index < -0.39 is 0 Å². The Bertz CT molecular complexity index is 363. The summed E-state index contributed by atoms with van der Waals surface area (Å²) in [6.07, 6.45) is 2.47. The molecule has 0 saturated carbocycles. The lowest BCUT2D eigenvalue weighted by molar-refractivity contribution is 0.102. The first-order valence-electron chi connectivity index (χ1n) is 7.78. The van der Waals surface area contributed by atoms with Gasteiger partial charge >= 0.3 is 0 Å². The van der Waals surface area contributed by atoms with Gasteiger partial charge < -0.3 is 5.32 Å². The van der Waals surface area contributed by atoms with Crippen molar-refractivity contribution in [3.63, 3.8) is 0 Å². The van der Waals surface area contributed by atoms with Crippen LogP contribution in [0, 0.1) is 5.92 Å². The van der Waals surface area contributed by atoms with E-state index in [1.54, 1.807) is 0 Å². The fourth-order valence-corrected chi connectivity index (χ4v) is 3.41. The molecule has 0 radical (unpaired) electrons. The second-order valence-electron chi connectivity index (χ2n) is 5.76. The van der Waals surface area contributed by atoms with Gasteiger partial charge in [-0.15, -0.1) is 0 Å². The van der Waals surface area contributed by atoms with Crippen LogP contribution in [0.5, 0.6) is 0 Å². The molecule has 1 aliphatic rings. The zero-order chi connectivity index (χ0) is 13.7. The number of likely N-dealkylation sites (tertiary alicyclic amines) is 1. The highest BCUT2D eigenvalue weighted by atomic mass is 15.2. The number of hydrogen-bond donors (Lipinski definition) is 1. The molecular weight excluding hydrogens is 232 g/mol. The summed E-state index contributed by atoms with van der Waals surface area (Å²) in [5, 5.41) is 3.62. The normalized spacial score (nSPS) is 26.3. The minimum absolute atomic E-state index is 0.589. The van der Waals surface area contributed by atoms with Crippen LogP contribution in [0.4, 0.5) is 0 Å². The highest BCUT2D eigenvalue weighted by Crippen LogP contribution is 2.29. The molecule has 2 heteroatoms. The molecule has 1 fully saturated rings. The number of piperidine rings is 1. The van der Waals surface area contributed by atoms with E-state index in [1.807, 2.05) is 0 Å². The quantitative estimate of drug-likeness (QED) is 0.872. The molecule has 2 rings (SSSR count). The maximum Gasteiger partial charge on any atom is 0.0345 e. The molecule has 19 heavy (non-hydrogen) atoms. The fraction of sp³-hybridized carbons (Fsp3) is 0.647. The Kier molecular flexibility index (Phi) is 5.41. The molecule has 0 bridgehead atoms. The molecule has 1 N–H and O–H groups in total. The van der Waals surface area contributed by atoms with E-state index in [4.69, 9.17) is 0 Å². The van der Waals surface area contributed by atoms with E-state index in [0.717, 1.165) is 12.5 Å². The minimum Gasteiger partial charge on any atom is -0.314 e. The monoisotopic (exact) mass is 260 g/mol. The lowest BCUT2D eigenvalue weighted by Crippen LogP contribution is -2.49. The van der Waals surface area contributed by atoms with E-state index >= 15 is 0 Å². The molecule has 3 unspecified atom stereocenters. The molecule has 1 saturated heterocycles. The van der Waals surface area contributed by atoms with Gasteiger partial charge in [-0.1, -0.05) is 51.1 Å². The van der Waals surface area contributed by atoms with Crippen molar-refractivity contribution in [1.29, 1.82) is 0 Å². The van der Waals surface area contributed by atoms with Gasteiger partial charge in [-0.3, -0.25) is 4.90 Å². The third-order valence-corrected chi connectivity index (χ3v) is 4.41. The van der Waals surface area contributed by atoms with Crippen molar-refractivity contribution >= 4 is 0 Å². The summed E-state index contributed by atoms with van der Waals surface area (Å²) in [6.45, 7) is 10.4. The highest BCUT2D eigenvalue weighted by Gasteiger charge is 2.29. The van der Waals surface area contributed by atoms with Crippen molar-refractivity contribution in [2.45, 2.75) is 45.7 Å². The molecular formula is C17H28N2. The fourth-order valence-electron chi connectivity index (χ4n) is 3.41. The summed E-state index contributed by atoms with van der Waals surface area (Å²) in [5.74, 6) is 0.742. The van der Waals surface area contributed by atoms with Gasteiger partial charge in [0, 0.05) is 25.2 Å². The van der Waals surface area contributed by atoms with Gasteiger partial charge in [-0.05, 0) is 30.9 Å². The summed E-state index contributed by atoms with van der Waals surface area (Å²) in [5.41, 5.74) is 1.47. The van der Waals surface area contributed by atoms with Gasteiger partial charge in [0.2, 0.25) is 0 Å². The van der Waals surface area contributed by atoms with Crippen LogP contribution < -0.4 is 5.32 Å². The molecule has 0 amide bonds. The maximum atomic E-state index is 3.62. The summed E-state index contributed by atoms with van der Waals surface area (Å²) in [7, 11) is 0. The zero-order valence-corrected chi connectivity index (χ0v) is 12.6. The molecule has 0 spiro atoms. The lowest BCUT2D eigenvalue weighted by atomic mass is 9.91. The average molecular weight is 260 g/mol. The molecule has 1 aliphatic heterocycles. The van der Waals surface area contributed by atoms with Crippen LogP contribution >= 0.6 is 0 Å². The summed E-state index contributed by atoms with van der Waals surface area (Å²) >= 11 is 0. The molecule has 0 aliphatic carbocycles. The second-order valence-corrected chi connectivity index (χ2v) is 5.76. The summed E-state index contributed by atoms with van der Waals surface area (Å²) in [6, 6.07) is 12.3. The lowest BCUT2D eigenvalue weighted by Gasteiger charge is -2.41. The van der Waals surface area contributed by atoms with Gasteiger partial charge in [0.15, 0.2) is 0 Å². The van der Waals surface area contributed by atoms with E-state index in [-0.39, 0.29) is 0 Å². The van der Waals surface area contributed by atoms with Gasteiger partial charge in [0.1, 0.15) is 0 Å². The highest BCUT2D eigenvalue weighted by molar-refractivity contribution is 5.19. The number of rotatable bonds is 5. The molecule has 106 valence electrons. The van der Waals surface area contributed by atoms with Crippen molar-refractivity contribution in [1.82, 2.24) is 10.2 Å². The second kappa shape index (κ2) is 7.06. The predicted molar refractivity (Wildman–Crippen MR) is 82.3 cm³/mol. The van der Waals surface area contributed by atoms with Crippen LogP contribution in [0.25, 0.3) is 0 Å². The van der Waals surface area contributed by atoms with Crippen molar-refractivity contribution in [3.8, 4) is 0 Å². The van der Waals surface area contributed by atoms with Gasteiger partial charge in [0.25, 0.3) is 0 Å². The molecule has 0 aromatic heterocycles. The summed E-state index contributed by atoms with van der Waals surface area (Å²) < 4.78 is 0. The SMILES string of the molecule is CCNC1CCN(C(CC)c2ccccc2)CC1C. The number of nitrogens with zero attached hydrogens (tertiary/aromatic N) is 1. The third kappa shape index (κ3) is 3.58. The van der Waals surface area contributed by atoms with Crippen LogP contribution in [-0.4, -0.2) is 30.6 Å². The van der Waals surface area contributed by atoms with E-state index in [2.05, 4.69) is 61.3 Å². The van der Waals surface area contributed by atoms with Gasteiger partial charge in [-0.2, -0.15) is 0 Å². The average Bonchev–Trinajstić information content (AvgIpc) is 2.44. The van der Waals surface area contributed by atoms with E-state index in [0.29, 0.717) is 12.1 Å². The molecule has 1 aromatic rings. The Morgan fingerprint density at radius 3 is 2.58 bits per heavy atom.